The lowest BCUT2D eigenvalue weighted by atomic mass is 10.2. The highest BCUT2D eigenvalue weighted by Gasteiger charge is 2.04. The number of benzene rings is 2. The Labute approximate surface area is 121 Å². The van der Waals surface area contributed by atoms with E-state index in [0.29, 0.717) is 11.3 Å². The van der Waals surface area contributed by atoms with Crippen LogP contribution in [-0.2, 0) is 6.54 Å². The maximum Gasteiger partial charge on any atom is 0.318 e. The molecule has 21 heavy (non-hydrogen) atoms. The van der Waals surface area contributed by atoms with Gasteiger partial charge in [-0.3, -0.25) is 0 Å². The zero-order chi connectivity index (χ0) is 15.2. The molecule has 2 amide bonds. The molecule has 2 aromatic rings. The number of hydrogen-bond donors (Lipinski definition) is 3. The summed E-state index contributed by atoms with van der Waals surface area (Å²) < 4.78 is 26.3. The molecule has 0 aliphatic rings. The van der Waals surface area contributed by atoms with E-state index in [1.54, 1.807) is 24.3 Å². The summed E-state index contributed by atoms with van der Waals surface area (Å²) in [5, 5.41) is 8.10. The van der Waals surface area contributed by atoms with E-state index in [-0.39, 0.29) is 12.6 Å². The quantitative estimate of drug-likeness (QED) is 0.809. The molecule has 0 aliphatic heterocycles. The van der Waals surface area contributed by atoms with Gasteiger partial charge >= 0.3 is 6.03 Å². The number of nitrogens with one attached hydrogen (secondary N) is 3. The van der Waals surface area contributed by atoms with Crippen LogP contribution in [0.15, 0.2) is 42.5 Å². The predicted octanol–water partition coefficient (Wildman–Crippen LogP) is 3.33. The average molecular weight is 291 g/mol. The zero-order valence-electron chi connectivity index (χ0n) is 11.4. The van der Waals surface area contributed by atoms with E-state index in [9.17, 15) is 13.6 Å². The van der Waals surface area contributed by atoms with E-state index in [2.05, 4.69) is 16.0 Å². The van der Waals surface area contributed by atoms with Crippen molar-refractivity contribution in [2.75, 3.05) is 17.7 Å². The fraction of sp³-hybridized carbons (Fsp3) is 0.133. The third kappa shape index (κ3) is 4.17. The van der Waals surface area contributed by atoms with Gasteiger partial charge in [0.2, 0.25) is 0 Å². The summed E-state index contributed by atoms with van der Waals surface area (Å²) in [6.07, 6.45) is 0. The maximum atomic E-state index is 13.5. The highest BCUT2D eigenvalue weighted by molar-refractivity contribution is 5.89. The van der Waals surface area contributed by atoms with Crippen LogP contribution < -0.4 is 16.0 Å². The Bertz CT molecular complexity index is 629. The molecule has 0 saturated carbocycles. The van der Waals surface area contributed by atoms with Gasteiger partial charge in [0.1, 0.15) is 11.6 Å². The minimum absolute atomic E-state index is 0.244. The van der Waals surface area contributed by atoms with Crippen molar-refractivity contribution in [1.82, 2.24) is 5.32 Å². The van der Waals surface area contributed by atoms with Crippen LogP contribution in [0.3, 0.4) is 0 Å². The summed E-state index contributed by atoms with van der Waals surface area (Å²) in [6, 6.07) is 10.1. The topological polar surface area (TPSA) is 53.2 Å². The molecule has 3 N–H and O–H groups in total. The first-order valence-electron chi connectivity index (χ1n) is 6.35. The number of halogens is 2. The number of rotatable bonds is 4. The molecule has 0 spiro atoms. The summed E-state index contributed by atoms with van der Waals surface area (Å²) in [6.45, 7) is 0.244. The normalized spacial score (nSPS) is 10.0. The van der Waals surface area contributed by atoms with Gasteiger partial charge < -0.3 is 16.0 Å². The van der Waals surface area contributed by atoms with Crippen LogP contribution in [0.25, 0.3) is 0 Å². The van der Waals surface area contributed by atoms with Gasteiger partial charge in [0, 0.05) is 36.6 Å². The van der Waals surface area contributed by atoms with Crippen LogP contribution >= 0.6 is 0 Å². The van der Waals surface area contributed by atoms with Gasteiger partial charge in [-0.05, 0) is 30.3 Å². The van der Waals surface area contributed by atoms with E-state index in [0.717, 1.165) is 11.8 Å². The van der Waals surface area contributed by atoms with E-state index in [1.807, 2.05) is 0 Å². The molecule has 4 nitrogen and oxygen atoms in total. The van der Waals surface area contributed by atoms with Crippen molar-refractivity contribution in [3.05, 3.63) is 59.7 Å². The molecule has 6 heteroatoms. The molecule has 0 fully saturated rings. The van der Waals surface area contributed by atoms with Gasteiger partial charge in [0.05, 0.1) is 0 Å². The van der Waals surface area contributed by atoms with Gasteiger partial charge in [-0.2, -0.15) is 0 Å². The molecule has 0 saturated heterocycles. The van der Waals surface area contributed by atoms with Crippen molar-refractivity contribution in [2.45, 2.75) is 6.54 Å². The standard InChI is InChI=1S/C15H15F2N3O/c1-18-15(21)20-13-6-4-12(5-7-13)19-9-10-2-3-11(16)8-14(10)17/h2-8,19H,9H2,1H3,(H2,18,20,21). The number of urea groups is 1. The second-order valence-electron chi connectivity index (χ2n) is 4.37. The van der Waals surface area contributed by atoms with E-state index in [1.165, 1.54) is 19.2 Å². The monoisotopic (exact) mass is 291 g/mol. The lowest BCUT2D eigenvalue weighted by Crippen LogP contribution is -2.24. The van der Waals surface area contributed by atoms with Gasteiger partial charge in [0.15, 0.2) is 0 Å². The second-order valence-corrected chi connectivity index (χ2v) is 4.37. The fourth-order valence-corrected chi connectivity index (χ4v) is 1.73. The summed E-state index contributed by atoms with van der Waals surface area (Å²) in [4.78, 5) is 11.1. The Balaban J connectivity index is 1.96. The highest BCUT2D eigenvalue weighted by atomic mass is 19.1. The molecular weight excluding hydrogens is 276 g/mol. The number of carbonyl (C=O) groups excluding carboxylic acids is 1. The number of amides is 2. The molecule has 0 atom stereocenters. The molecule has 0 aliphatic carbocycles. The van der Waals surface area contributed by atoms with Crippen LogP contribution in [0.1, 0.15) is 5.56 Å². The van der Waals surface area contributed by atoms with Crippen LogP contribution in [0.5, 0.6) is 0 Å². The molecule has 110 valence electrons. The fourth-order valence-electron chi connectivity index (χ4n) is 1.73. The third-order valence-corrected chi connectivity index (χ3v) is 2.87. The van der Waals surface area contributed by atoms with Crippen molar-refractivity contribution < 1.29 is 13.6 Å². The van der Waals surface area contributed by atoms with Gasteiger partial charge in [-0.15, -0.1) is 0 Å². The molecule has 2 aromatic carbocycles. The Kier molecular flexibility index (Phi) is 4.71. The minimum Gasteiger partial charge on any atom is -0.381 e. The first kappa shape index (κ1) is 14.8. The Morgan fingerprint density at radius 2 is 1.71 bits per heavy atom. The summed E-state index contributed by atoms with van der Waals surface area (Å²) in [7, 11) is 1.53. The van der Waals surface area contributed by atoms with Gasteiger partial charge in [-0.1, -0.05) is 6.07 Å². The third-order valence-electron chi connectivity index (χ3n) is 2.87. The lowest BCUT2D eigenvalue weighted by Gasteiger charge is -2.09. The molecule has 0 unspecified atom stereocenters. The zero-order valence-corrected chi connectivity index (χ0v) is 11.4. The summed E-state index contributed by atoms with van der Waals surface area (Å²) in [5.74, 6) is -1.18. The maximum absolute atomic E-state index is 13.5. The molecule has 0 radical (unpaired) electrons. The number of carbonyl (C=O) groups is 1. The van der Waals surface area contributed by atoms with Crippen molar-refractivity contribution in [3.8, 4) is 0 Å². The SMILES string of the molecule is CNC(=O)Nc1ccc(NCc2ccc(F)cc2F)cc1. The first-order chi connectivity index (χ1) is 10.1. The van der Waals surface area contributed by atoms with Crippen molar-refractivity contribution in [3.63, 3.8) is 0 Å². The largest absolute Gasteiger partial charge is 0.381 e. The molecule has 0 aromatic heterocycles. The van der Waals surface area contributed by atoms with Gasteiger partial charge in [-0.25, -0.2) is 13.6 Å². The first-order valence-corrected chi connectivity index (χ1v) is 6.35. The summed E-state index contributed by atoms with van der Waals surface area (Å²) >= 11 is 0. The summed E-state index contributed by atoms with van der Waals surface area (Å²) in [5.41, 5.74) is 1.79. The smallest absolute Gasteiger partial charge is 0.318 e. The Morgan fingerprint density at radius 3 is 2.33 bits per heavy atom. The Hall–Kier alpha value is -2.63. The molecule has 0 bridgehead atoms. The van der Waals surface area contributed by atoms with Crippen molar-refractivity contribution in [1.29, 1.82) is 0 Å². The van der Waals surface area contributed by atoms with Crippen LogP contribution in [0, 0.1) is 11.6 Å². The van der Waals surface area contributed by atoms with Crippen LogP contribution in [0.2, 0.25) is 0 Å². The molecule has 2 rings (SSSR count). The molecular formula is C15H15F2N3O. The second kappa shape index (κ2) is 6.69. The van der Waals surface area contributed by atoms with E-state index in [4.69, 9.17) is 0 Å². The number of anilines is 2. The molecule has 0 heterocycles. The van der Waals surface area contributed by atoms with Crippen LogP contribution in [-0.4, -0.2) is 13.1 Å². The van der Waals surface area contributed by atoms with E-state index >= 15 is 0 Å². The minimum atomic E-state index is -0.596. The van der Waals surface area contributed by atoms with Crippen molar-refractivity contribution in [2.24, 2.45) is 0 Å². The van der Waals surface area contributed by atoms with Gasteiger partial charge in [0.25, 0.3) is 0 Å². The van der Waals surface area contributed by atoms with E-state index < -0.39 is 11.6 Å². The van der Waals surface area contributed by atoms with Crippen molar-refractivity contribution >= 4 is 17.4 Å². The highest BCUT2D eigenvalue weighted by Crippen LogP contribution is 2.16. The van der Waals surface area contributed by atoms with Crippen LogP contribution in [0.4, 0.5) is 25.0 Å². The number of hydrogen-bond acceptors (Lipinski definition) is 2. The predicted molar refractivity (Wildman–Crippen MR) is 78.2 cm³/mol. The average Bonchev–Trinajstić information content (AvgIpc) is 2.48. The lowest BCUT2D eigenvalue weighted by molar-refractivity contribution is 0.254. The Morgan fingerprint density at radius 1 is 1.05 bits per heavy atom.